The van der Waals surface area contributed by atoms with Crippen LogP contribution in [0.4, 0.5) is 10.1 Å². The van der Waals surface area contributed by atoms with Crippen LogP contribution in [0, 0.1) is 5.82 Å². The topological polar surface area (TPSA) is 43.8 Å². The van der Waals surface area contributed by atoms with Crippen LogP contribution < -0.4 is 5.73 Å². The number of benzene rings is 2. The maximum absolute atomic E-state index is 13.3. The predicted octanol–water partition coefficient (Wildman–Crippen LogP) is 4.08. The van der Waals surface area contributed by atoms with Crippen molar-refractivity contribution < 1.29 is 4.39 Å². The van der Waals surface area contributed by atoms with Gasteiger partial charge in [-0.05, 0) is 39.7 Å². The quantitative estimate of drug-likeness (QED) is 0.777. The SMILES string of the molecule is Nc1cn(Cc2ccccc2)nc1-c1ccc(F)c(Br)c1. The lowest BCUT2D eigenvalue weighted by molar-refractivity contribution is 0.621. The molecule has 0 unspecified atom stereocenters. The molecule has 1 aromatic heterocycles. The van der Waals surface area contributed by atoms with Crippen LogP contribution in [0.25, 0.3) is 11.3 Å². The van der Waals surface area contributed by atoms with Gasteiger partial charge >= 0.3 is 0 Å². The van der Waals surface area contributed by atoms with Crippen LogP contribution in [-0.2, 0) is 6.54 Å². The number of rotatable bonds is 3. The van der Waals surface area contributed by atoms with Gasteiger partial charge in [-0.25, -0.2) is 4.39 Å². The molecule has 106 valence electrons. The molecule has 0 spiro atoms. The Bertz CT molecular complexity index is 768. The van der Waals surface area contributed by atoms with Crippen LogP contribution in [-0.4, -0.2) is 9.78 Å². The molecule has 0 radical (unpaired) electrons. The molecule has 0 atom stereocenters. The average Bonchev–Trinajstić information content (AvgIpc) is 2.84. The molecule has 0 bridgehead atoms. The number of nitrogens with zero attached hydrogens (tertiary/aromatic N) is 2. The van der Waals surface area contributed by atoms with E-state index in [0.717, 1.165) is 11.1 Å². The monoisotopic (exact) mass is 345 g/mol. The minimum Gasteiger partial charge on any atom is -0.396 e. The predicted molar refractivity (Wildman–Crippen MR) is 85.3 cm³/mol. The third kappa shape index (κ3) is 2.97. The zero-order valence-corrected chi connectivity index (χ0v) is 12.7. The number of nitrogen functional groups attached to an aromatic ring is 1. The van der Waals surface area contributed by atoms with E-state index < -0.39 is 0 Å². The highest BCUT2D eigenvalue weighted by molar-refractivity contribution is 9.10. The Morgan fingerprint density at radius 2 is 1.90 bits per heavy atom. The van der Waals surface area contributed by atoms with Gasteiger partial charge in [-0.3, -0.25) is 4.68 Å². The van der Waals surface area contributed by atoms with Crippen molar-refractivity contribution >= 4 is 21.6 Å². The van der Waals surface area contributed by atoms with Crippen molar-refractivity contribution in [2.45, 2.75) is 6.54 Å². The highest BCUT2D eigenvalue weighted by atomic mass is 79.9. The second-order valence-corrected chi connectivity index (χ2v) is 5.60. The number of hydrogen-bond donors (Lipinski definition) is 1. The van der Waals surface area contributed by atoms with E-state index in [2.05, 4.69) is 21.0 Å². The second kappa shape index (κ2) is 5.69. The van der Waals surface area contributed by atoms with Crippen molar-refractivity contribution in [3.05, 3.63) is 70.6 Å². The molecule has 3 nitrogen and oxygen atoms in total. The van der Waals surface area contributed by atoms with E-state index in [-0.39, 0.29) is 5.82 Å². The molecular formula is C16H13BrFN3. The van der Waals surface area contributed by atoms with Gasteiger partial charge in [-0.1, -0.05) is 30.3 Å². The fraction of sp³-hybridized carbons (Fsp3) is 0.0625. The Morgan fingerprint density at radius 3 is 2.62 bits per heavy atom. The van der Waals surface area contributed by atoms with Gasteiger partial charge in [0.2, 0.25) is 0 Å². The van der Waals surface area contributed by atoms with E-state index in [1.165, 1.54) is 6.07 Å². The standard InChI is InChI=1S/C16H13BrFN3/c17-13-8-12(6-7-14(13)18)16-15(19)10-21(20-16)9-11-4-2-1-3-5-11/h1-8,10H,9,19H2. The van der Waals surface area contributed by atoms with Gasteiger partial charge in [0.1, 0.15) is 11.5 Å². The summed E-state index contributed by atoms with van der Waals surface area (Å²) < 4.78 is 15.5. The summed E-state index contributed by atoms with van der Waals surface area (Å²) in [5.74, 6) is -0.305. The molecule has 2 aromatic carbocycles. The molecule has 0 amide bonds. The lowest BCUT2D eigenvalue weighted by Gasteiger charge is -2.02. The highest BCUT2D eigenvalue weighted by Gasteiger charge is 2.10. The summed E-state index contributed by atoms with van der Waals surface area (Å²) in [4.78, 5) is 0. The molecular weight excluding hydrogens is 333 g/mol. The van der Waals surface area contributed by atoms with Crippen LogP contribution >= 0.6 is 15.9 Å². The van der Waals surface area contributed by atoms with E-state index in [0.29, 0.717) is 22.4 Å². The number of hydrogen-bond acceptors (Lipinski definition) is 2. The molecule has 2 N–H and O–H groups in total. The first-order valence-electron chi connectivity index (χ1n) is 6.46. The van der Waals surface area contributed by atoms with Gasteiger partial charge in [0.15, 0.2) is 0 Å². The van der Waals surface area contributed by atoms with E-state index in [4.69, 9.17) is 5.73 Å². The van der Waals surface area contributed by atoms with Crippen LogP contribution in [0.15, 0.2) is 59.2 Å². The largest absolute Gasteiger partial charge is 0.396 e. The second-order valence-electron chi connectivity index (χ2n) is 4.75. The summed E-state index contributed by atoms with van der Waals surface area (Å²) >= 11 is 3.18. The van der Waals surface area contributed by atoms with E-state index in [9.17, 15) is 4.39 Å². The summed E-state index contributed by atoms with van der Waals surface area (Å²) in [5, 5.41) is 4.49. The fourth-order valence-electron chi connectivity index (χ4n) is 2.16. The van der Waals surface area contributed by atoms with E-state index >= 15 is 0 Å². The van der Waals surface area contributed by atoms with Crippen molar-refractivity contribution in [2.24, 2.45) is 0 Å². The molecule has 0 aliphatic rings. The molecule has 3 rings (SSSR count). The van der Waals surface area contributed by atoms with Gasteiger partial charge in [0, 0.05) is 11.8 Å². The average molecular weight is 346 g/mol. The minimum atomic E-state index is -0.305. The van der Waals surface area contributed by atoms with Crippen LogP contribution in [0.1, 0.15) is 5.56 Å². The Morgan fingerprint density at radius 1 is 1.14 bits per heavy atom. The maximum atomic E-state index is 13.3. The third-order valence-corrected chi connectivity index (χ3v) is 3.78. The Balaban J connectivity index is 1.92. The lowest BCUT2D eigenvalue weighted by Crippen LogP contribution is -2.00. The van der Waals surface area contributed by atoms with Crippen LogP contribution in [0.3, 0.4) is 0 Å². The van der Waals surface area contributed by atoms with E-state index in [1.54, 1.807) is 23.0 Å². The van der Waals surface area contributed by atoms with Crippen LogP contribution in [0.2, 0.25) is 0 Å². The molecule has 0 aliphatic carbocycles. The van der Waals surface area contributed by atoms with Crippen molar-refractivity contribution in [3.8, 4) is 11.3 Å². The van der Waals surface area contributed by atoms with E-state index in [1.807, 2.05) is 30.3 Å². The van der Waals surface area contributed by atoms with Gasteiger partial charge < -0.3 is 5.73 Å². The zero-order chi connectivity index (χ0) is 14.8. The smallest absolute Gasteiger partial charge is 0.137 e. The van der Waals surface area contributed by atoms with Gasteiger partial charge in [0.25, 0.3) is 0 Å². The third-order valence-electron chi connectivity index (χ3n) is 3.17. The van der Waals surface area contributed by atoms with Gasteiger partial charge in [-0.15, -0.1) is 0 Å². The van der Waals surface area contributed by atoms with Crippen molar-refractivity contribution in [2.75, 3.05) is 5.73 Å². The highest BCUT2D eigenvalue weighted by Crippen LogP contribution is 2.28. The number of halogens is 2. The van der Waals surface area contributed by atoms with Crippen molar-refractivity contribution in [1.82, 2.24) is 9.78 Å². The number of aromatic nitrogens is 2. The lowest BCUT2D eigenvalue weighted by atomic mass is 10.1. The molecule has 21 heavy (non-hydrogen) atoms. The van der Waals surface area contributed by atoms with Crippen LogP contribution in [0.5, 0.6) is 0 Å². The Kier molecular flexibility index (Phi) is 3.75. The summed E-state index contributed by atoms with van der Waals surface area (Å²) in [7, 11) is 0. The summed E-state index contributed by atoms with van der Waals surface area (Å²) in [6.07, 6.45) is 1.79. The number of anilines is 1. The molecule has 1 heterocycles. The summed E-state index contributed by atoms with van der Waals surface area (Å²) in [6, 6.07) is 14.8. The normalized spacial score (nSPS) is 10.8. The van der Waals surface area contributed by atoms with Gasteiger partial charge in [0.05, 0.1) is 16.7 Å². The van der Waals surface area contributed by atoms with Crippen molar-refractivity contribution in [1.29, 1.82) is 0 Å². The zero-order valence-electron chi connectivity index (χ0n) is 11.1. The molecule has 3 aromatic rings. The first-order valence-corrected chi connectivity index (χ1v) is 7.25. The fourth-order valence-corrected chi connectivity index (χ4v) is 2.53. The first kappa shape index (κ1) is 13.8. The molecule has 0 saturated heterocycles. The summed E-state index contributed by atoms with van der Waals surface area (Å²) in [6.45, 7) is 0.646. The first-order chi connectivity index (χ1) is 10.1. The number of nitrogens with two attached hydrogens (primary N) is 1. The van der Waals surface area contributed by atoms with Crippen molar-refractivity contribution in [3.63, 3.8) is 0 Å². The Labute approximate surface area is 130 Å². The molecule has 5 heteroatoms. The Hall–Kier alpha value is -2.14. The molecule has 0 saturated carbocycles. The molecule has 0 aliphatic heterocycles. The maximum Gasteiger partial charge on any atom is 0.137 e. The summed E-state index contributed by atoms with van der Waals surface area (Å²) in [5.41, 5.74) is 9.19. The molecule has 0 fully saturated rings. The van der Waals surface area contributed by atoms with Gasteiger partial charge in [-0.2, -0.15) is 5.10 Å². The minimum absolute atomic E-state index is 0.305.